The maximum absolute atomic E-state index is 12.5. The second-order valence-corrected chi connectivity index (χ2v) is 7.13. The Morgan fingerprint density at radius 3 is 2.88 bits per heavy atom. The number of thioether (sulfide) groups is 1. The van der Waals surface area contributed by atoms with E-state index < -0.39 is 0 Å². The van der Waals surface area contributed by atoms with Crippen molar-refractivity contribution in [2.24, 2.45) is 10.7 Å². The highest BCUT2D eigenvalue weighted by Gasteiger charge is 2.29. The summed E-state index contributed by atoms with van der Waals surface area (Å²) in [5, 5.41) is 12.6. The van der Waals surface area contributed by atoms with Crippen LogP contribution in [0.5, 0.6) is 0 Å². The van der Waals surface area contributed by atoms with Crippen LogP contribution in [0.3, 0.4) is 0 Å². The van der Waals surface area contributed by atoms with E-state index in [0.717, 1.165) is 17.7 Å². The Bertz CT molecular complexity index is 887. The molecule has 1 unspecified atom stereocenters. The number of nitrogens with zero attached hydrogens (tertiary/aromatic N) is 2. The first-order valence-corrected chi connectivity index (χ1v) is 8.89. The number of amidine groups is 1. The number of hydrogen-bond donors (Lipinski definition) is 2. The van der Waals surface area contributed by atoms with Gasteiger partial charge in [0, 0.05) is 11.4 Å². The van der Waals surface area contributed by atoms with Crippen molar-refractivity contribution in [3.05, 3.63) is 65.2 Å². The maximum atomic E-state index is 12.5. The van der Waals surface area contributed by atoms with Crippen molar-refractivity contribution in [2.45, 2.75) is 18.9 Å². The minimum Gasteiger partial charge on any atom is -0.379 e. The maximum Gasteiger partial charge on any atom is 0.257 e. The van der Waals surface area contributed by atoms with Crippen molar-refractivity contribution in [3.8, 4) is 6.07 Å². The lowest BCUT2D eigenvalue weighted by molar-refractivity contribution is 0.102. The van der Waals surface area contributed by atoms with E-state index in [-0.39, 0.29) is 11.4 Å². The lowest BCUT2D eigenvalue weighted by atomic mass is 9.89. The number of nitrogens with one attached hydrogen (secondary N) is 1. The Morgan fingerprint density at radius 1 is 1.32 bits per heavy atom. The van der Waals surface area contributed by atoms with Crippen LogP contribution in [0.4, 0.5) is 5.69 Å². The molecule has 1 aliphatic rings. The molecule has 1 amide bonds. The smallest absolute Gasteiger partial charge is 0.257 e. The van der Waals surface area contributed by atoms with Crippen molar-refractivity contribution >= 4 is 28.5 Å². The summed E-state index contributed by atoms with van der Waals surface area (Å²) in [6.45, 7) is 2.05. The fourth-order valence-electron chi connectivity index (χ4n) is 2.80. The van der Waals surface area contributed by atoms with Gasteiger partial charge >= 0.3 is 0 Å². The van der Waals surface area contributed by atoms with Gasteiger partial charge in [-0.1, -0.05) is 36.0 Å². The van der Waals surface area contributed by atoms with Gasteiger partial charge in [-0.3, -0.25) is 9.79 Å². The topological polar surface area (TPSA) is 91.3 Å². The van der Waals surface area contributed by atoms with Gasteiger partial charge in [0.05, 0.1) is 22.7 Å². The highest BCUT2D eigenvalue weighted by molar-refractivity contribution is 8.13. The van der Waals surface area contributed by atoms with Crippen molar-refractivity contribution < 1.29 is 4.79 Å². The normalized spacial score (nSPS) is 19.6. The van der Waals surface area contributed by atoms with Gasteiger partial charge in [-0.05, 0) is 43.2 Å². The van der Waals surface area contributed by atoms with E-state index in [1.807, 2.05) is 37.3 Å². The second-order valence-electron chi connectivity index (χ2n) is 6.01. The van der Waals surface area contributed by atoms with Crippen LogP contribution in [0.2, 0.25) is 0 Å². The van der Waals surface area contributed by atoms with Gasteiger partial charge in [-0.15, -0.1) is 0 Å². The average molecular weight is 350 g/mol. The third kappa shape index (κ3) is 3.67. The molecule has 3 rings (SSSR count). The quantitative estimate of drug-likeness (QED) is 0.886. The van der Waals surface area contributed by atoms with Gasteiger partial charge in [0.15, 0.2) is 5.17 Å². The number of amides is 1. The van der Waals surface area contributed by atoms with Crippen molar-refractivity contribution in [1.82, 2.24) is 0 Å². The molecule has 5 nitrogen and oxygen atoms in total. The van der Waals surface area contributed by atoms with Gasteiger partial charge in [-0.2, -0.15) is 5.26 Å². The molecule has 0 saturated carbocycles. The second kappa shape index (κ2) is 6.99. The molecule has 0 radical (unpaired) electrons. The van der Waals surface area contributed by atoms with Crippen LogP contribution in [-0.2, 0) is 5.54 Å². The molecule has 0 spiro atoms. The fraction of sp³-hybridized carbons (Fsp3) is 0.211. The standard InChI is InChI=1S/C19H18N4OS/c1-19(9-10-25-18(21)23-19)14-6-4-7-15(11-14)22-17(24)16-8-3-2-5-13(16)12-20/h2-8,11H,9-10H2,1H3,(H2,21,23)(H,22,24). The van der Waals surface area contributed by atoms with Crippen LogP contribution >= 0.6 is 11.8 Å². The third-order valence-corrected chi connectivity index (χ3v) is 5.03. The van der Waals surface area contributed by atoms with Gasteiger partial charge in [0.25, 0.3) is 5.91 Å². The first-order chi connectivity index (χ1) is 12.0. The Balaban J connectivity index is 1.87. The van der Waals surface area contributed by atoms with Crippen LogP contribution < -0.4 is 11.1 Å². The summed E-state index contributed by atoms with van der Waals surface area (Å²) in [7, 11) is 0. The predicted molar refractivity (Wildman–Crippen MR) is 102 cm³/mol. The van der Waals surface area contributed by atoms with Gasteiger partial charge < -0.3 is 11.1 Å². The highest BCUT2D eigenvalue weighted by atomic mass is 32.2. The van der Waals surface area contributed by atoms with Gasteiger partial charge in [-0.25, -0.2) is 0 Å². The van der Waals surface area contributed by atoms with Crippen LogP contribution in [-0.4, -0.2) is 16.8 Å². The Labute approximate surface area is 150 Å². The number of carbonyl (C=O) groups is 1. The summed E-state index contributed by atoms with van der Waals surface area (Å²) in [5.74, 6) is 0.611. The molecular formula is C19H18N4OS. The molecule has 1 heterocycles. The fourth-order valence-corrected chi connectivity index (χ4v) is 3.78. The number of anilines is 1. The zero-order valence-corrected chi connectivity index (χ0v) is 14.6. The van der Waals surface area contributed by atoms with E-state index in [2.05, 4.69) is 10.3 Å². The molecule has 6 heteroatoms. The molecule has 0 bridgehead atoms. The molecule has 0 saturated heterocycles. The molecule has 2 aromatic rings. The molecule has 3 N–H and O–H groups in total. The van der Waals surface area contributed by atoms with Crippen molar-refractivity contribution in [3.63, 3.8) is 0 Å². The first kappa shape index (κ1) is 17.1. The van der Waals surface area contributed by atoms with Gasteiger partial charge in [0.2, 0.25) is 0 Å². The molecule has 126 valence electrons. The summed E-state index contributed by atoms with van der Waals surface area (Å²) in [6, 6.07) is 16.4. The number of carbonyl (C=O) groups excluding carboxylic acids is 1. The van der Waals surface area contributed by atoms with E-state index >= 15 is 0 Å². The van der Waals surface area contributed by atoms with E-state index in [1.54, 1.807) is 36.0 Å². The molecule has 0 aliphatic carbocycles. The molecule has 1 aliphatic heterocycles. The summed E-state index contributed by atoms with van der Waals surface area (Å²) in [6.07, 6.45) is 0.882. The van der Waals surface area contributed by atoms with E-state index in [4.69, 9.17) is 11.0 Å². The molecular weight excluding hydrogens is 332 g/mol. The third-order valence-electron chi connectivity index (χ3n) is 4.23. The van der Waals surface area contributed by atoms with E-state index in [9.17, 15) is 4.79 Å². The monoisotopic (exact) mass is 350 g/mol. The van der Waals surface area contributed by atoms with E-state index in [0.29, 0.717) is 22.0 Å². The van der Waals surface area contributed by atoms with Crippen LogP contribution in [0.1, 0.15) is 34.8 Å². The summed E-state index contributed by atoms with van der Waals surface area (Å²) in [5.41, 5.74) is 7.88. The number of nitrogens with two attached hydrogens (primary N) is 1. The summed E-state index contributed by atoms with van der Waals surface area (Å²) in [4.78, 5) is 17.1. The number of rotatable bonds is 3. The molecule has 25 heavy (non-hydrogen) atoms. The SMILES string of the molecule is CC1(c2cccc(NC(=O)c3ccccc3C#N)c2)CCSC(N)=N1. The van der Waals surface area contributed by atoms with Crippen LogP contribution in [0.25, 0.3) is 0 Å². The molecule has 0 aromatic heterocycles. The molecule has 1 atom stereocenters. The zero-order valence-electron chi connectivity index (χ0n) is 13.8. The highest BCUT2D eigenvalue weighted by Crippen LogP contribution is 2.35. The largest absolute Gasteiger partial charge is 0.379 e. The first-order valence-electron chi connectivity index (χ1n) is 7.91. The summed E-state index contributed by atoms with van der Waals surface area (Å²) >= 11 is 1.56. The minimum atomic E-state index is -0.388. The minimum absolute atomic E-state index is 0.304. The Morgan fingerprint density at radius 2 is 2.12 bits per heavy atom. The van der Waals surface area contributed by atoms with Gasteiger partial charge in [0.1, 0.15) is 0 Å². The number of nitriles is 1. The lowest BCUT2D eigenvalue weighted by Gasteiger charge is -2.30. The number of hydrogen-bond acceptors (Lipinski definition) is 5. The van der Waals surface area contributed by atoms with Crippen molar-refractivity contribution in [2.75, 3.05) is 11.1 Å². The Kier molecular flexibility index (Phi) is 4.77. The zero-order chi connectivity index (χ0) is 17.9. The predicted octanol–water partition coefficient (Wildman–Crippen LogP) is 3.48. The van der Waals surface area contributed by atoms with Crippen LogP contribution in [0, 0.1) is 11.3 Å². The average Bonchev–Trinajstić information content (AvgIpc) is 2.61. The lowest BCUT2D eigenvalue weighted by Crippen LogP contribution is -2.28. The molecule has 2 aromatic carbocycles. The molecule has 0 fully saturated rings. The Hall–Kier alpha value is -2.78. The van der Waals surface area contributed by atoms with Crippen LogP contribution in [0.15, 0.2) is 53.5 Å². The number of benzene rings is 2. The summed E-state index contributed by atoms with van der Waals surface area (Å²) < 4.78 is 0. The van der Waals surface area contributed by atoms with E-state index in [1.165, 1.54) is 0 Å². The van der Waals surface area contributed by atoms with Crippen molar-refractivity contribution in [1.29, 1.82) is 5.26 Å². The number of aliphatic imine (C=N–C) groups is 1.